The van der Waals surface area contributed by atoms with Crippen molar-refractivity contribution in [1.29, 1.82) is 0 Å². The van der Waals surface area contributed by atoms with Crippen LogP contribution in [0, 0.1) is 0 Å². The maximum atomic E-state index is 5.91. The number of anilines is 1. The summed E-state index contributed by atoms with van der Waals surface area (Å²) in [5.41, 5.74) is 8.94. The molecule has 0 spiro atoms. The van der Waals surface area contributed by atoms with Crippen LogP contribution in [0.15, 0.2) is 54.6 Å². The van der Waals surface area contributed by atoms with Gasteiger partial charge in [0.25, 0.3) is 0 Å². The van der Waals surface area contributed by atoms with Crippen LogP contribution in [0.4, 0.5) is 5.82 Å². The van der Waals surface area contributed by atoms with Gasteiger partial charge in [-0.2, -0.15) is 0 Å². The molecule has 0 amide bonds. The number of nitrogens with two attached hydrogens (primary N) is 1. The molecule has 4 heteroatoms. The highest BCUT2D eigenvalue weighted by Gasteiger charge is 2.06. The van der Waals surface area contributed by atoms with Crippen LogP contribution in [0.5, 0.6) is 5.75 Å². The molecule has 1 aromatic heterocycles. The molecule has 0 radical (unpaired) electrons. The number of rotatable bonds is 4. The highest BCUT2D eigenvalue weighted by Crippen LogP contribution is 2.30. The van der Waals surface area contributed by atoms with E-state index in [1.807, 2.05) is 54.6 Å². The first kappa shape index (κ1) is 13.4. The molecule has 0 aliphatic rings. The number of fused-ring (bicyclic) bond motifs is 1. The number of nitrogens with zero attached hydrogens (tertiary/aromatic N) is 1. The Morgan fingerprint density at radius 3 is 2.57 bits per heavy atom. The Bertz CT molecular complexity index is 754. The van der Waals surface area contributed by atoms with E-state index in [1.165, 1.54) is 0 Å². The van der Waals surface area contributed by atoms with E-state index in [2.05, 4.69) is 4.98 Å². The first-order valence-corrected chi connectivity index (χ1v) is 6.65. The van der Waals surface area contributed by atoms with Gasteiger partial charge >= 0.3 is 0 Å². The largest absolute Gasteiger partial charge is 0.468 e. The summed E-state index contributed by atoms with van der Waals surface area (Å²) in [5, 5.41) is 1.08. The van der Waals surface area contributed by atoms with Crippen molar-refractivity contribution < 1.29 is 9.47 Å². The molecule has 3 aromatic rings. The van der Waals surface area contributed by atoms with Crippen LogP contribution >= 0.6 is 0 Å². The Balaban J connectivity index is 2.03. The van der Waals surface area contributed by atoms with Crippen molar-refractivity contribution in [3.63, 3.8) is 0 Å². The van der Waals surface area contributed by atoms with Crippen molar-refractivity contribution in [3.8, 4) is 16.9 Å². The van der Waals surface area contributed by atoms with Crippen LogP contribution in [-0.2, 0) is 4.74 Å². The Morgan fingerprint density at radius 1 is 1.05 bits per heavy atom. The molecule has 0 saturated carbocycles. The number of nitrogen functional groups attached to an aromatic ring is 1. The Labute approximate surface area is 123 Å². The van der Waals surface area contributed by atoms with Crippen molar-refractivity contribution in [2.24, 2.45) is 0 Å². The molecule has 4 nitrogen and oxygen atoms in total. The van der Waals surface area contributed by atoms with Gasteiger partial charge in [0.1, 0.15) is 11.6 Å². The van der Waals surface area contributed by atoms with E-state index in [4.69, 9.17) is 15.2 Å². The second kappa shape index (κ2) is 5.81. The van der Waals surface area contributed by atoms with E-state index in [1.54, 1.807) is 7.11 Å². The summed E-state index contributed by atoms with van der Waals surface area (Å²) < 4.78 is 10.3. The number of hydrogen-bond acceptors (Lipinski definition) is 4. The van der Waals surface area contributed by atoms with Gasteiger partial charge in [-0.25, -0.2) is 4.98 Å². The van der Waals surface area contributed by atoms with Crippen LogP contribution in [0.1, 0.15) is 0 Å². The topological polar surface area (TPSA) is 57.4 Å². The van der Waals surface area contributed by atoms with Crippen LogP contribution in [-0.4, -0.2) is 18.9 Å². The lowest BCUT2D eigenvalue weighted by Crippen LogP contribution is -1.98. The predicted molar refractivity (Wildman–Crippen MR) is 84.1 cm³/mol. The van der Waals surface area contributed by atoms with Gasteiger partial charge in [-0.1, -0.05) is 30.3 Å². The monoisotopic (exact) mass is 280 g/mol. The Kier molecular flexibility index (Phi) is 3.71. The standard InChI is InChI=1S/C17H16N2O2/c1-20-11-21-13-8-6-12(7-9-13)15-10-17(18)19-16-5-3-2-4-14(15)16/h2-10H,11H2,1H3,(H2,18,19). The lowest BCUT2D eigenvalue weighted by Gasteiger charge is -2.09. The SMILES string of the molecule is COCOc1ccc(-c2cc(N)nc3ccccc23)cc1. The smallest absolute Gasteiger partial charge is 0.188 e. The van der Waals surface area contributed by atoms with Gasteiger partial charge in [0.05, 0.1) is 5.52 Å². The minimum absolute atomic E-state index is 0.241. The first-order chi connectivity index (χ1) is 10.3. The van der Waals surface area contributed by atoms with Gasteiger partial charge in [-0.05, 0) is 35.4 Å². The summed E-state index contributed by atoms with van der Waals surface area (Å²) in [4.78, 5) is 4.36. The van der Waals surface area contributed by atoms with Gasteiger partial charge in [-0.15, -0.1) is 0 Å². The number of pyridine rings is 1. The zero-order valence-corrected chi connectivity index (χ0v) is 11.7. The quantitative estimate of drug-likeness (QED) is 0.743. The molecule has 3 rings (SSSR count). The molecule has 106 valence electrons. The summed E-state index contributed by atoms with van der Waals surface area (Å²) in [5.74, 6) is 1.29. The van der Waals surface area contributed by atoms with E-state index in [-0.39, 0.29) is 6.79 Å². The number of para-hydroxylation sites is 1. The highest BCUT2D eigenvalue weighted by atomic mass is 16.7. The minimum Gasteiger partial charge on any atom is -0.468 e. The van der Waals surface area contributed by atoms with Crippen LogP contribution in [0.2, 0.25) is 0 Å². The molecule has 0 bridgehead atoms. The fourth-order valence-corrected chi connectivity index (χ4v) is 2.29. The lowest BCUT2D eigenvalue weighted by atomic mass is 10.0. The molecular formula is C17H16N2O2. The number of methoxy groups -OCH3 is 1. The molecule has 1 heterocycles. The van der Waals surface area contributed by atoms with Crippen LogP contribution < -0.4 is 10.5 Å². The maximum absolute atomic E-state index is 5.91. The molecule has 21 heavy (non-hydrogen) atoms. The van der Waals surface area contributed by atoms with Crippen molar-refractivity contribution >= 4 is 16.7 Å². The molecule has 0 aliphatic carbocycles. The van der Waals surface area contributed by atoms with Crippen molar-refractivity contribution in [2.75, 3.05) is 19.6 Å². The summed E-state index contributed by atoms with van der Waals surface area (Å²) in [6, 6.07) is 17.7. The zero-order chi connectivity index (χ0) is 14.7. The molecule has 0 atom stereocenters. The third kappa shape index (κ3) is 2.80. The third-order valence-corrected chi connectivity index (χ3v) is 3.24. The molecule has 0 unspecified atom stereocenters. The van der Waals surface area contributed by atoms with E-state index in [9.17, 15) is 0 Å². The minimum atomic E-state index is 0.241. The van der Waals surface area contributed by atoms with Gasteiger partial charge in [0.15, 0.2) is 6.79 Å². The summed E-state index contributed by atoms with van der Waals surface area (Å²) in [7, 11) is 1.60. The second-order valence-corrected chi connectivity index (χ2v) is 4.69. The number of aromatic nitrogens is 1. The van der Waals surface area contributed by atoms with Crippen molar-refractivity contribution in [1.82, 2.24) is 4.98 Å². The van der Waals surface area contributed by atoms with Gasteiger partial charge in [0, 0.05) is 12.5 Å². The van der Waals surface area contributed by atoms with Gasteiger partial charge in [0.2, 0.25) is 0 Å². The summed E-state index contributed by atoms with van der Waals surface area (Å²) in [6.45, 7) is 0.241. The molecule has 2 N–H and O–H groups in total. The first-order valence-electron chi connectivity index (χ1n) is 6.65. The van der Waals surface area contributed by atoms with E-state index < -0.39 is 0 Å². The second-order valence-electron chi connectivity index (χ2n) is 4.69. The molecule has 2 aromatic carbocycles. The fourth-order valence-electron chi connectivity index (χ4n) is 2.29. The number of benzene rings is 2. The molecule has 0 saturated heterocycles. The van der Waals surface area contributed by atoms with Crippen molar-refractivity contribution in [3.05, 3.63) is 54.6 Å². The Morgan fingerprint density at radius 2 is 1.81 bits per heavy atom. The zero-order valence-electron chi connectivity index (χ0n) is 11.7. The van der Waals surface area contributed by atoms with Crippen LogP contribution in [0.3, 0.4) is 0 Å². The summed E-state index contributed by atoms with van der Waals surface area (Å²) in [6.07, 6.45) is 0. The lowest BCUT2D eigenvalue weighted by molar-refractivity contribution is 0.0511. The average molecular weight is 280 g/mol. The van der Waals surface area contributed by atoms with E-state index in [0.29, 0.717) is 5.82 Å². The molecule has 0 aliphatic heterocycles. The predicted octanol–water partition coefficient (Wildman–Crippen LogP) is 3.47. The Hall–Kier alpha value is -2.59. The third-order valence-electron chi connectivity index (χ3n) is 3.24. The highest BCUT2D eigenvalue weighted by molar-refractivity contribution is 5.95. The average Bonchev–Trinajstić information content (AvgIpc) is 2.52. The van der Waals surface area contributed by atoms with Gasteiger partial charge < -0.3 is 15.2 Å². The normalized spacial score (nSPS) is 10.7. The molecular weight excluding hydrogens is 264 g/mol. The number of hydrogen-bond donors (Lipinski definition) is 1. The maximum Gasteiger partial charge on any atom is 0.188 e. The van der Waals surface area contributed by atoms with E-state index in [0.717, 1.165) is 27.8 Å². The van der Waals surface area contributed by atoms with Gasteiger partial charge in [-0.3, -0.25) is 0 Å². The summed E-state index contributed by atoms with van der Waals surface area (Å²) >= 11 is 0. The molecule has 0 fully saturated rings. The van der Waals surface area contributed by atoms with Crippen LogP contribution in [0.25, 0.3) is 22.0 Å². The number of ether oxygens (including phenoxy) is 2. The van der Waals surface area contributed by atoms with E-state index >= 15 is 0 Å². The van der Waals surface area contributed by atoms with Crippen molar-refractivity contribution in [2.45, 2.75) is 0 Å². The fraction of sp³-hybridized carbons (Fsp3) is 0.118.